The van der Waals surface area contributed by atoms with Crippen LogP contribution >= 0.6 is 0 Å². The molecule has 0 aromatic carbocycles. The highest BCUT2D eigenvalue weighted by atomic mass is 16.5. The van der Waals surface area contributed by atoms with Crippen molar-refractivity contribution < 1.29 is 4.74 Å². The van der Waals surface area contributed by atoms with Crippen LogP contribution in [0.15, 0.2) is 0 Å². The van der Waals surface area contributed by atoms with Crippen molar-refractivity contribution in [3.8, 4) is 0 Å². The van der Waals surface area contributed by atoms with Gasteiger partial charge in [-0.3, -0.25) is 4.90 Å². The fourth-order valence-corrected chi connectivity index (χ4v) is 3.85. The Kier molecular flexibility index (Phi) is 3.18. The molecule has 3 atom stereocenters. The predicted octanol–water partition coefficient (Wildman–Crippen LogP) is 1.51. The highest BCUT2D eigenvalue weighted by Crippen LogP contribution is 2.35. The maximum absolute atomic E-state index is 6.08. The van der Waals surface area contributed by atoms with E-state index in [2.05, 4.69) is 4.90 Å². The van der Waals surface area contributed by atoms with Gasteiger partial charge in [-0.1, -0.05) is 0 Å². The normalized spacial score (nSPS) is 44.1. The zero-order chi connectivity index (χ0) is 11.0. The Balaban J connectivity index is 1.51. The van der Waals surface area contributed by atoms with Gasteiger partial charge in [0.15, 0.2) is 0 Å². The number of hydrogen-bond donors (Lipinski definition) is 1. The highest BCUT2D eigenvalue weighted by Gasteiger charge is 2.39. The number of ether oxygens (including phenoxy) is 1. The molecule has 3 rings (SSSR count). The molecule has 2 bridgehead atoms. The predicted molar refractivity (Wildman–Crippen MR) is 64.3 cm³/mol. The van der Waals surface area contributed by atoms with Gasteiger partial charge in [-0.05, 0) is 44.9 Å². The van der Waals surface area contributed by atoms with E-state index in [1.165, 1.54) is 51.5 Å². The molecule has 3 saturated heterocycles. The Morgan fingerprint density at radius 3 is 2.50 bits per heavy atom. The van der Waals surface area contributed by atoms with Crippen LogP contribution in [-0.4, -0.2) is 42.3 Å². The topological polar surface area (TPSA) is 38.5 Å². The Bertz CT molecular complexity index is 226. The van der Waals surface area contributed by atoms with Crippen LogP contribution in [-0.2, 0) is 4.74 Å². The molecule has 0 aliphatic carbocycles. The van der Waals surface area contributed by atoms with Crippen LogP contribution in [0.5, 0.6) is 0 Å². The van der Waals surface area contributed by atoms with Crippen molar-refractivity contribution in [2.75, 3.05) is 13.2 Å². The third-order valence-electron chi connectivity index (χ3n) is 4.65. The molecule has 3 heteroatoms. The van der Waals surface area contributed by atoms with Gasteiger partial charge in [0, 0.05) is 31.3 Å². The van der Waals surface area contributed by atoms with Crippen molar-refractivity contribution in [2.24, 2.45) is 5.73 Å². The van der Waals surface area contributed by atoms with Crippen molar-refractivity contribution in [1.82, 2.24) is 4.90 Å². The quantitative estimate of drug-likeness (QED) is 0.789. The SMILES string of the molecule is NC1CC2CCC(C1)N2CCC1CCCO1. The third-order valence-corrected chi connectivity index (χ3v) is 4.65. The van der Waals surface area contributed by atoms with Crippen molar-refractivity contribution in [3.63, 3.8) is 0 Å². The molecule has 3 aliphatic heterocycles. The molecule has 16 heavy (non-hydrogen) atoms. The molecule has 0 aromatic rings. The minimum atomic E-state index is 0.469. The van der Waals surface area contributed by atoms with E-state index in [-0.39, 0.29) is 0 Å². The molecule has 0 radical (unpaired) electrons. The van der Waals surface area contributed by atoms with Crippen LogP contribution in [0.1, 0.15) is 44.9 Å². The number of hydrogen-bond acceptors (Lipinski definition) is 3. The van der Waals surface area contributed by atoms with E-state index in [1.54, 1.807) is 0 Å². The summed E-state index contributed by atoms with van der Waals surface area (Å²) in [7, 11) is 0. The number of piperidine rings is 1. The van der Waals surface area contributed by atoms with E-state index in [4.69, 9.17) is 10.5 Å². The first kappa shape index (κ1) is 11.0. The van der Waals surface area contributed by atoms with E-state index in [9.17, 15) is 0 Å². The number of nitrogens with zero attached hydrogens (tertiary/aromatic N) is 1. The Morgan fingerprint density at radius 2 is 1.88 bits per heavy atom. The molecule has 0 aromatic heterocycles. The van der Waals surface area contributed by atoms with Crippen LogP contribution in [0.4, 0.5) is 0 Å². The van der Waals surface area contributed by atoms with E-state index in [1.807, 2.05) is 0 Å². The molecule has 3 unspecified atom stereocenters. The fourth-order valence-electron chi connectivity index (χ4n) is 3.85. The summed E-state index contributed by atoms with van der Waals surface area (Å²) in [6, 6.07) is 2.04. The summed E-state index contributed by atoms with van der Waals surface area (Å²) in [6.07, 6.45) is 9.54. The minimum absolute atomic E-state index is 0.469. The number of nitrogens with two attached hydrogens (primary N) is 1. The first-order chi connectivity index (χ1) is 7.83. The van der Waals surface area contributed by atoms with E-state index >= 15 is 0 Å². The van der Waals surface area contributed by atoms with Crippen LogP contribution < -0.4 is 5.73 Å². The van der Waals surface area contributed by atoms with Gasteiger partial charge in [-0.15, -0.1) is 0 Å². The number of rotatable bonds is 3. The molecule has 3 aliphatic rings. The summed E-state index contributed by atoms with van der Waals surface area (Å²) in [6.45, 7) is 2.23. The molecule has 0 spiro atoms. The molecule has 3 nitrogen and oxygen atoms in total. The summed E-state index contributed by atoms with van der Waals surface area (Å²) in [5.41, 5.74) is 6.08. The lowest BCUT2D eigenvalue weighted by molar-refractivity contribution is 0.0693. The monoisotopic (exact) mass is 224 g/mol. The molecule has 0 saturated carbocycles. The van der Waals surface area contributed by atoms with Gasteiger partial charge in [0.2, 0.25) is 0 Å². The highest BCUT2D eigenvalue weighted by molar-refractivity contribution is 4.96. The average molecular weight is 224 g/mol. The van der Waals surface area contributed by atoms with Gasteiger partial charge >= 0.3 is 0 Å². The zero-order valence-electron chi connectivity index (χ0n) is 10.1. The average Bonchev–Trinajstić information content (AvgIpc) is 2.83. The van der Waals surface area contributed by atoms with Crippen LogP contribution in [0.25, 0.3) is 0 Å². The molecule has 3 fully saturated rings. The summed E-state index contributed by atoms with van der Waals surface area (Å²) >= 11 is 0. The van der Waals surface area contributed by atoms with Crippen LogP contribution in [0, 0.1) is 0 Å². The summed E-state index contributed by atoms with van der Waals surface area (Å²) in [4.78, 5) is 2.73. The van der Waals surface area contributed by atoms with Crippen molar-refractivity contribution in [3.05, 3.63) is 0 Å². The molecule has 2 N–H and O–H groups in total. The largest absolute Gasteiger partial charge is 0.378 e. The second-order valence-corrected chi connectivity index (χ2v) is 5.78. The van der Waals surface area contributed by atoms with E-state index < -0.39 is 0 Å². The number of fused-ring (bicyclic) bond motifs is 2. The molecule has 3 heterocycles. The minimum Gasteiger partial charge on any atom is -0.378 e. The fraction of sp³-hybridized carbons (Fsp3) is 1.00. The van der Waals surface area contributed by atoms with Crippen molar-refractivity contribution in [2.45, 2.75) is 69.2 Å². The lowest BCUT2D eigenvalue weighted by Gasteiger charge is -2.38. The second-order valence-electron chi connectivity index (χ2n) is 5.78. The van der Waals surface area contributed by atoms with Crippen LogP contribution in [0.3, 0.4) is 0 Å². The lowest BCUT2D eigenvalue weighted by atomic mass is 9.97. The Morgan fingerprint density at radius 1 is 1.12 bits per heavy atom. The van der Waals surface area contributed by atoms with Crippen molar-refractivity contribution in [1.29, 1.82) is 0 Å². The van der Waals surface area contributed by atoms with Gasteiger partial charge in [-0.25, -0.2) is 0 Å². The van der Waals surface area contributed by atoms with Gasteiger partial charge in [0.25, 0.3) is 0 Å². The lowest BCUT2D eigenvalue weighted by Crippen LogP contribution is -2.48. The van der Waals surface area contributed by atoms with E-state index in [0.29, 0.717) is 12.1 Å². The van der Waals surface area contributed by atoms with Crippen LogP contribution in [0.2, 0.25) is 0 Å². The second kappa shape index (κ2) is 4.63. The molecular formula is C13H24N2O. The summed E-state index contributed by atoms with van der Waals surface area (Å²) in [5, 5.41) is 0. The first-order valence-corrected chi connectivity index (χ1v) is 6.96. The van der Waals surface area contributed by atoms with Gasteiger partial charge in [-0.2, -0.15) is 0 Å². The summed E-state index contributed by atoms with van der Waals surface area (Å²) < 4.78 is 5.70. The van der Waals surface area contributed by atoms with Gasteiger partial charge < -0.3 is 10.5 Å². The van der Waals surface area contributed by atoms with Gasteiger partial charge in [0.05, 0.1) is 6.10 Å². The zero-order valence-corrected chi connectivity index (χ0v) is 10.1. The van der Waals surface area contributed by atoms with E-state index in [0.717, 1.165) is 18.7 Å². The smallest absolute Gasteiger partial charge is 0.0588 e. The maximum atomic E-state index is 6.08. The Labute approximate surface area is 98.3 Å². The first-order valence-electron chi connectivity index (χ1n) is 6.96. The van der Waals surface area contributed by atoms with Gasteiger partial charge in [0.1, 0.15) is 0 Å². The van der Waals surface area contributed by atoms with Crippen molar-refractivity contribution >= 4 is 0 Å². The molecule has 0 amide bonds. The standard InChI is InChI=1S/C13H24N2O/c14-10-8-11-3-4-12(9-10)15(11)6-5-13-2-1-7-16-13/h10-13H,1-9,14H2. The Hall–Kier alpha value is -0.120. The molecular weight excluding hydrogens is 200 g/mol. The molecule has 92 valence electrons. The maximum Gasteiger partial charge on any atom is 0.0588 e. The summed E-state index contributed by atoms with van der Waals surface area (Å²) in [5.74, 6) is 0. The third kappa shape index (κ3) is 2.13.